The van der Waals surface area contributed by atoms with Crippen LogP contribution in [-0.4, -0.2) is 37.4 Å². The van der Waals surface area contributed by atoms with Gasteiger partial charge in [0.2, 0.25) is 0 Å². The number of nitrogens with one attached hydrogen (secondary N) is 1. The summed E-state index contributed by atoms with van der Waals surface area (Å²) < 4.78 is 8.62. The average Bonchev–Trinajstić information content (AvgIpc) is 2.22. The highest BCUT2D eigenvalue weighted by molar-refractivity contribution is 6.41. The largest absolute Gasteiger partial charge is 0.468 e. The fraction of sp³-hybridized carbons (Fsp3) is 0.571. The molecule has 0 spiro atoms. The Hall–Kier alpha value is -1.30. The van der Waals surface area contributed by atoms with Gasteiger partial charge < -0.3 is 9.47 Å². The second kappa shape index (κ2) is 6.20. The van der Waals surface area contributed by atoms with Crippen molar-refractivity contribution in [1.29, 1.82) is 0 Å². The molecule has 0 saturated carbocycles. The Bertz CT molecular complexity index is 254. The summed E-state index contributed by atoms with van der Waals surface area (Å²) in [5, 5.41) is 2.51. The van der Waals surface area contributed by atoms with Crippen molar-refractivity contribution in [2.24, 2.45) is 5.10 Å². The first-order chi connectivity index (χ1) is 6.52. The molecule has 0 aliphatic carbocycles. The molecule has 0 aromatic rings. The molecule has 0 heterocycles. The Balaban J connectivity index is 4.23. The van der Waals surface area contributed by atoms with Gasteiger partial charge in [0.1, 0.15) is 0 Å². The summed E-state index contributed by atoms with van der Waals surface area (Å²) in [5.74, 6) is -0.639. The van der Waals surface area contributed by atoms with E-state index < -0.39 is 17.4 Å². The molecule has 0 fully saturated rings. The average molecular weight is 223 g/mol. The molecule has 0 aromatic carbocycles. The normalized spacial score (nSPS) is 13.0. The highest BCUT2D eigenvalue weighted by atomic mass is 35.5. The van der Waals surface area contributed by atoms with Crippen LogP contribution in [0.1, 0.15) is 6.92 Å². The minimum atomic E-state index is -1.02. The summed E-state index contributed by atoms with van der Waals surface area (Å²) in [6.07, 6.45) is -0.738. The minimum absolute atomic E-state index is 0.212. The number of ether oxygens (including phenoxy) is 2. The molecule has 80 valence electrons. The fourth-order valence-electron chi connectivity index (χ4n) is 0.510. The van der Waals surface area contributed by atoms with Crippen LogP contribution in [0.25, 0.3) is 0 Å². The third kappa shape index (κ3) is 4.08. The number of methoxy groups -OCH3 is 2. The van der Waals surface area contributed by atoms with Gasteiger partial charge in [0.05, 0.1) is 19.9 Å². The standard InChI is InChI=1S/C7H11ClN2O4/c1-4(5(8)6(11)13-2)9-10-7(12)14-3/h5H,1-3H3,(H,10,12)/b9-4+. The number of hydrogen-bond acceptors (Lipinski definition) is 5. The quantitative estimate of drug-likeness (QED) is 0.327. The topological polar surface area (TPSA) is 77.0 Å². The molecule has 0 saturated heterocycles. The molecule has 0 rings (SSSR count). The zero-order valence-electron chi connectivity index (χ0n) is 8.04. The molecule has 1 unspecified atom stereocenters. The van der Waals surface area contributed by atoms with Crippen LogP contribution in [0.4, 0.5) is 4.79 Å². The van der Waals surface area contributed by atoms with Crippen LogP contribution in [0.2, 0.25) is 0 Å². The molecular formula is C7H11ClN2O4. The van der Waals surface area contributed by atoms with Gasteiger partial charge >= 0.3 is 12.1 Å². The SMILES string of the molecule is COC(=O)N/N=C(\C)C(Cl)C(=O)OC. The monoisotopic (exact) mass is 222 g/mol. The van der Waals surface area contributed by atoms with Gasteiger partial charge in [0, 0.05) is 0 Å². The van der Waals surface area contributed by atoms with Gasteiger partial charge in [-0.05, 0) is 6.92 Å². The van der Waals surface area contributed by atoms with E-state index >= 15 is 0 Å². The number of rotatable bonds is 3. The Morgan fingerprint density at radius 2 is 1.93 bits per heavy atom. The first kappa shape index (κ1) is 12.7. The number of halogens is 1. The lowest BCUT2D eigenvalue weighted by Gasteiger charge is -2.06. The number of carbonyl (C=O) groups is 2. The van der Waals surface area contributed by atoms with Crippen LogP contribution in [-0.2, 0) is 14.3 Å². The van der Waals surface area contributed by atoms with Gasteiger partial charge in [-0.2, -0.15) is 5.10 Å². The Morgan fingerprint density at radius 1 is 1.36 bits per heavy atom. The number of amides is 1. The number of hydrogen-bond donors (Lipinski definition) is 1. The molecule has 6 nitrogen and oxygen atoms in total. The number of alkyl halides is 1. The van der Waals surface area contributed by atoms with E-state index in [1.807, 2.05) is 5.43 Å². The van der Waals surface area contributed by atoms with Crippen LogP contribution in [0.15, 0.2) is 5.10 Å². The first-order valence-corrected chi connectivity index (χ1v) is 4.06. The molecular weight excluding hydrogens is 212 g/mol. The molecule has 0 radical (unpaired) electrons. The van der Waals surface area contributed by atoms with Gasteiger partial charge in [0.15, 0.2) is 5.38 Å². The molecule has 7 heteroatoms. The van der Waals surface area contributed by atoms with Crippen LogP contribution >= 0.6 is 11.6 Å². The van der Waals surface area contributed by atoms with Crippen LogP contribution in [0.5, 0.6) is 0 Å². The smallest absolute Gasteiger partial charge is 0.427 e. The predicted octanol–water partition coefficient (Wildman–Crippen LogP) is 0.499. The van der Waals surface area contributed by atoms with Gasteiger partial charge in [-0.15, -0.1) is 11.6 Å². The summed E-state index contributed by atoms with van der Waals surface area (Å²) in [6.45, 7) is 1.48. The highest BCUT2D eigenvalue weighted by Crippen LogP contribution is 2.00. The lowest BCUT2D eigenvalue weighted by Crippen LogP contribution is -2.27. The van der Waals surface area contributed by atoms with Crippen molar-refractivity contribution in [3.63, 3.8) is 0 Å². The zero-order chi connectivity index (χ0) is 11.1. The van der Waals surface area contributed by atoms with Crippen molar-refractivity contribution < 1.29 is 19.1 Å². The van der Waals surface area contributed by atoms with Crippen molar-refractivity contribution in [3.05, 3.63) is 0 Å². The zero-order valence-corrected chi connectivity index (χ0v) is 8.79. The number of esters is 1. The molecule has 1 N–H and O–H groups in total. The minimum Gasteiger partial charge on any atom is -0.468 e. The van der Waals surface area contributed by atoms with E-state index in [0.717, 1.165) is 0 Å². The highest BCUT2D eigenvalue weighted by Gasteiger charge is 2.19. The second-order valence-corrected chi connectivity index (χ2v) is 2.68. The lowest BCUT2D eigenvalue weighted by molar-refractivity contribution is -0.138. The third-order valence-corrected chi connectivity index (χ3v) is 1.78. The first-order valence-electron chi connectivity index (χ1n) is 3.63. The van der Waals surface area contributed by atoms with Crippen molar-refractivity contribution in [3.8, 4) is 0 Å². The Morgan fingerprint density at radius 3 is 2.36 bits per heavy atom. The van der Waals surface area contributed by atoms with Crippen LogP contribution in [0.3, 0.4) is 0 Å². The molecule has 0 aliphatic rings. The van der Waals surface area contributed by atoms with Gasteiger partial charge in [-0.3, -0.25) is 4.79 Å². The van der Waals surface area contributed by atoms with E-state index in [0.29, 0.717) is 0 Å². The van der Waals surface area contributed by atoms with E-state index in [4.69, 9.17) is 11.6 Å². The van der Waals surface area contributed by atoms with Crippen molar-refractivity contribution >= 4 is 29.4 Å². The Kier molecular flexibility index (Phi) is 5.62. The predicted molar refractivity (Wildman–Crippen MR) is 50.3 cm³/mol. The fourth-order valence-corrected chi connectivity index (χ4v) is 0.648. The summed E-state index contributed by atoms with van der Waals surface area (Å²) in [4.78, 5) is 21.5. The maximum absolute atomic E-state index is 10.9. The Labute approximate surface area is 86.2 Å². The van der Waals surface area contributed by atoms with E-state index in [1.165, 1.54) is 21.1 Å². The second-order valence-electron chi connectivity index (χ2n) is 2.24. The van der Waals surface area contributed by atoms with E-state index in [9.17, 15) is 9.59 Å². The van der Waals surface area contributed by atoms with Gasteiger partial charge in [-0.1, -0.05) is 0 Å². The third-order valence-electron chi connectivity index (χ3n) is 1.28. The van der Waals surface area contributed by atoms with Crippen molar-refractivity contribution in [2.45, 2.75) is 12.3 Å². The summed E-state index contributed by atoms with van der Waals surface area (Å²) in [7, 11) is 2.40. The van der Waals surface area contributed by atoms with E-state index in [1.54, 1.807) is 0 Å². The van der Waals surface area contributed by atoms with E-state index in [2.05, 4.69) is 14.6 Å². The molecule has 0 aromatic heterocycles. The summed E-state index contributed by atoms with van der Waals surface area (Å²) in [6, 6.07) is 0. The van der Waals surface area contributed by atoms with Crippen molar-refractivity contribution in [1.82, 2.24) is 5.43 Å². The van der Waals surface area contributed by atoms with E-state index in [-0.39, 0.29) is 5.71 Å². The molecule has 0 aliphatic heterocycles. The summed E-state index contributed by atoms with van der Waals surface area (Å²) >= 11 is 5.61. The van der Waals surface area contributed by atoms with Gasteiger partial charge in [-0.25, -0.2) is 10.2 Å². The molecule has 0 bridgehead atoms. The molecule has 1 amide bonds. The number of hydrazone groups is 1. The number of carbonyl (C=O) groups excluding carboxylic acids is 2. The van der Waals surface area contributed by atoms with Crippen LogP contribution < -0.4 is 5.43 Å². The lowest BCUT2D eigenvalue weighted by atomic mass is 10.3. The van der Waals surface area contributed by atoms with Gasteiger partial charge in [0.25, 0.3) is 0 Å². The maximum Gasteiger partial charge on any atom is 0.427 e. The van der Waals surface area contributed by atoms with Crippen LogP contribution in [0, 0.1) is 0 Å². The molecule has 1 atom stereocenters. The number of nitrogens with zero attached hydrogens (tertiary/aromatic N) is 1. The maximum atomic E-state index is 10.9. The molecule has 14 heavy (non-hydrogen) atoms. The summed E-state index contributed by atoms with van der Waals surface area (Å²) in [5.41, 5.74) is 2.24. The van der Waals surface area contributed by atoms with Crippen molar-refractivity contribution in [2.75, 3.05) is 14.2 Å².